The fourth-order valence-corrected chi connectivity index (χ4v) is 5.33. The zero-order chi connectivity index (χ0) is 25.7. The first kappa shape index (κ1) is 25.6. The van der Waals surface area contributed by atoms with Gasteiger partial charge in [0.15, 0.2) is 0 Å². The highest BCUT2D eigenvalue weighted by Gasteiger charge is 2.34. The predicted molar refractivity (Wildman–Crippen MR) is 145 cm³/mol. The van der Waals surface area contributed by atoms with Crippen LogP contribution in [0.5, 0.6) is 0 Å². The summed E-state index contributed by atoms with van der Waals surface area (Å²) in [7, 11) is -4.20. The number of hydrogen-bond donors (Lipinski definition) is 1. The van der Waals surface area contributed by atoms with Gasteiger partial charge in [-0.1, -0.05) is 76.6 Å². The summed E-state index contributed by atoms with van der Waals surface area (Å²) in [5.41, 5.74) is 1.37. The topological polar surface area (TPSA) is 83.6 Å². The molecule has 0 aliphatic heterocycles. The highest BCUT2D eigenvalue weighted by Crippen LogP contribution is 2.22. The monoisotopic (exact) mass is 564 g/mol. The third-order valence-electron chi connectivity index (χ3n) is 5.88. The van der Waals surface area contributed by atoms with Crippen LogP contribution < -0.4 is 9.62 Å². The highest BCUT2D eigenvalue weighted by molar-refractivity contribution is 9.10. The van der Waals surface area contributed by atoms with Gasteiger partial charge < -0.3 is 4.90 Å². The summed E-state index contributed by atoms with van der Waals surface area (Å²) in [6.45, 7) is 2.13. The van der Waals surface area contributed by atoms with Crippen molar-refractivity contribution in [2.75, 3.05) is 11.4 Å². The summed E-state index contributed by atoms with van der Waals surface area (Å²) in [4.78, 5) is 28.5. The number of hydrogen-bond acceptors (Lipinski definition) is 4. The number of carbonyl (C=O) groups excluding carboxylic acids is 2. The van der Waals surface area contributed by atoms with Crippen molar-refractivity contribution in [2.24, 2.45) is 5.92 Å². The zero-order valence-electron chi connectivity index (χ0n) is 19.6. The van der Waals surface area contributed by atoms with Crippen molar-refractivity contribution >= 4 is 54.2 Å². The van der Waals surface area contributed by atoms with Crippen molar-refractivity contribution in [2.45, 2.75) is 18.2 Å². The van der Waals surface area contributed by atoms with Gasteiger partial charge in [0.1, 0.15) is 5.92 Å². The van der Waals surface area contributed by atoms with E-state index in [9.17, 15) is 18.0 Å². The number of rotatable bonds is 8. The van der Waals surface area contributed by atoms with Crippen LogP contribution in [0.15, 0.2) is 106 Å². The van der Waals surface area contributed by atoms with Gasteiger partial charge in [0.25, 0.3) is 10.0 Å². The highest BCUT2D eigenvalue weighted by atomic mass is 79.9. The Morgan fingerprint density at radius 1 is 0.861 bits per heavy atom. The van der Waals surface area contributed by atoms with Gasteiger partial charge in [0, 0.05) is 16.7 Å². The zero-order valence-corrected chi connectivity index (χ0v) is 22.0. The van der Waals surface area contributed by atoms with E-state index in [2.05, 4.69) is 20.7 Å². The van der Waals surface area contributed by atoms with Gasteiger partial charge in [-0.25, -0.2) is 13.1 Å². The number of nitrogens with zero attached hydrogens (tertiary/aromatic N) is 1. The number of para-hydroxylation sites is 1. The Balaban J connectivity index is 1.66. The van der Waals surface area contributed by atoms with Crippen LogP contribution in [0.3, 0.4) is 0 Å². The van der Waals surface area contributed by atoms with Gasteiger partial charge in [-0.3, -0.25) is 9.59 Å². The van der Waals surface area contributed by atoms with E-state index < -0.39 is 27.8 Å². The minimum absolute atomic E-state index is 0.0419. The molecule has 0 bridgehead atoms. The van der Waals surface area contributed by atoms with E-state index in [1.807, 2.05) is 43.3 Å². The number of sulfonamides is 1. The van der Waals surface area contributed by atoms with Crippen molar-refractivity contribution in [3.05, 3.63) is 107 Å². The maximum absolute atomic E-state index is 13.6. The lowest BCUT2D eigenvalue weighted by molar-refractivity contribution is -0.132. The van der Waals surface area contributed by atoms with Crippen molar-refractivity contribution in [1.29, 1.82) is 0 Å². The molecule has 4 rings (SSSR count). The van der Waals surface area contributed by atoms with Gasteiger partial charge in [0.05, 0.1) is 4.90 Å². The molecular formula is C28H25BrN2O4S. The van der Waals surface area contributed by atoms with Crippen molar-refractivity contribution in [1.82, 2.24) is 4.72 Å². The number of nitrogens with one attached hydrogen (secondary N) is 1. The summed E-state index contributed by atoms with van der Waals surface area (Å²) in [6.07, 6.45) is 0.0501. The Kier molecular flexibility index (Phi) is 7.86. The summed E-state index contributed by atoms with van der Waals surface area (Å²) < 4.78 is 29.3. The van der Waals surface area contributed by atoms with E-state index in [1.54, 1.807) is 48.5 Å². The molecule has 0 saturated carbocycles. The second-order valence-electron chi connectivity index (χ2n) is 8.28. The normalized spacial score (nSPS) is 12.2. The minimum Gasteiger partial charge on any atom is -0.312 e. The van der Waals surface area contributed by atoms with E-state index in [1.165, 1.54) is 17.0 Å². The Hall–Kier alpha value is -3.49. The van der Waals surface area contributed by atoms with Crippen LogP contribution in [0.25, 0.3) is 10.8 Å². The van der Waals surface area contributed by atoms with Crippen LogP contribution in [-0.2, 0) is 26.0 Å². The first-order valence-corrected chi connectivity index (χ1v) is 13.7. The minimum atomic E-state index is -4.20. The number of fused-ring (bicyclic) bond motifs is 1. The Labute approximate surface area is 219 Å². The Bertz CT molecular complexity index is 1490. The molecule has 0 heterocycles. The maximum atomic E-state index is 13.6. The standard InChI is InChI=1S/C28H25BrN2O4S/c1-2-31(24-10-4-3-5-11-24)28(33)26(18-20-12-15-23(29)16-13-20)27(32)30-36(34,35)25-17-14-21-8-6-7-9-22(21)19-25/h3-17,19,26H,2,18H2,1H3,(H,30,32). The number of benzene rings is 4. The lowest BCUT2D eigenvalue weighted by Crippen LogP contribution is -2.46. The summed E-state index contributed by atoms with van der Waals surface area (Å²) in [5.74, 6) is -2.59. The van der Waals surface area contributed by atoms with Crippen LogP contribution in [0.4, 0.5) is 5.69 Å². The van der Waals surface area contributed by atoms with E-state index in [-0.39, 0.29) is 11.3 Å². The maximum Gasteiger partial charge on any atom is 0.264 e. The lowest BCUT2D eigenvalue weighted by atomic mass is 9.97. The Morgan fingerprint density at radius 3 is 2.17 bits per heavy atom. The molecule has 6 nitrogen and oxygen atoms in total. The quantitative estimate of drug-likeness (QED) is 0.293. The predicted octanol–water partition coefficient (Wildman–Crippen LogP) is 5.32. The van der Waals surface area contributed by atoms with Crippen LogP contribution in [-0.4, -0.2) is 26.8 Å². The molecule has 1 atom stereocenters. The van der Waals surface area contributed by atoms with Gasteiger partial charge in [0.2, 0.25) is 11.8 Å². The van der Waals surface area contributed by atoms with Crippen LogP contribution in [0.2, 0.25) is 0 Å². The Morgan fingerprint density at radius 2 is 1.50 bits per heavy atom. The number of anilines is 1. The number of halogens is 1. The first-order valence-electron chi connectivity index (χ1n) is 11.4. The third-order valence-corrected chi connectivity index (χ3v) is 7.76. The molecule has 8 heteroatoms. The van der Waals surface area contributed by atoms with Crippen molar-refractivity contribution in [3.8, 4) is 0 Å². The molecule has 4 aromatic carbocycles. The van der Waals surface area contributed by atoms with Gasteiger partial charge >= 0.3 is 0 Å². The molecule has 184 valence electrons. The molecule has 0 spiro atoms. The number of amides is 2. The van der Waals surface area contributed by atoms with Gasteiger partial charge in [-0.2, -0.15) is 0 Å². The second kappa shape index (κ2) is 11.1. The molecule has 0 aliphatic carbocycles. The molecule has 0 aromatic heterocycles. The molecule has 4 aromatic rings. The van der Waals surface area contributed by atoms with E-state index >= 15 is 0 Å². The molecule has 0 aliphatic rings. The number of carbonyl (C=O) groups is 2. The molecule has 0 fully saturated rings. The van der Waals surface area contributed by atoms with Crippen molar-refractivity contribution in [3.63, 3.8) is 0 Å². The van der Waals surface area contributed by atoms with E-state index in [0.29, 0.717) is 12.2 Å². The summed E-state index contributed by atoms with van der Waals surface area (Å²) >= 11 is 3.38. The average molecular weight is 565 g/mol. The van der Waals surface area contributed by atoms with Gasteiger partial charge in [-0.15, -0.1) is 0 Å². The smallest absolute Gasteiger partial charge is 0.264 e. The largest absolute Gasteiger partial charge is 0.312 e. The molecule has 1 N–H and O–H groups in total. The van der Waals surface area contributed by atoms with Gasteiger partial charge in [-0.05, 0) is 66.1 Å². The molecule has 0 radical (unpaired) electrons. The third kappa shape index (κ3) is 5.83. The molecular weight excluding hydrogens is 540 g/mol. The average Bonchev–Trinajstić information content (AvgIpc) is 2.88. The SMILES string of the molecule is CCN(C(=O)C(Cc1ccc(Br)cc1)C(=O)NS(=O)(=O)c1ccc2ccccc2c1)c1ccccc1. The molecule has 2 amide bonds. The van der Waals surface area contributed by atoms with Crippen molar-refractivity contribution < 1.29 is 18.0 Å². The summed E-state index contributed by atoms with van der Waals surface area (Å²) in [5, 5.41) is 1.61. The molecule has 36 heavy (non-hydrogen) atoms. The fourth-order valence-electron chi connectivity index (χ4n) is 4.01. The second-order valence-corrected chi connectivity index (χ2v) is 10.9. The fraction of sp³-hybridized carbons (Fsp3) is 0.143. The molecule has 0 saturated heterocycles. The van der Waals surface area contributed by atoms with Crippen LogP contribution in [0.1, 0.15) is 12.5 Å². The summed E-state index contributed by atoms with van der Waals surface area (Å²) in [6, 6.07) is 28.2. The lowest BCUT2D eigenvalue weighted by Gasteiger charge is -2.26. The first-order chi connectivity index (χ1) is 17.3. The van der Waals surface area contributed by atoms with Crippen LogP contribution in [0, 0.1) is 5.92 Å². The molecule has 1 unspecified atom stereocenters. The van der Waals surface area contributed by atoms with E-state index in [0.717, 1.165) is 20.8 Å². The van der Waals surface area contributed by atoms with E-state index in [4.69, 9.17) is 0 Å². The van der Waals surface area contributed by atoms with Crippen LogP contribution >= 0.6 is 15.9 Å².